The van der Waals surface area contributed by atoms with Crippen LogP contribution in [-0.2, 0) is 24.3 Å². The predicted molar refractivity (Wildman–Crippen MR) is 52.0 cm³/mol. The van der Waals surface area contributed by atoms with E-state index in [0.717, 1.165) is 29.8 Å². The van der Waals surface area contributed by atoms with Crippen LogP contribution in [0.15, 0.2) is 6.07 Å². The van der Waals surface area contributed by atoms with E-state index in [0.29, 0.717) is 19.0 Å². The SMILES string of the molecule is COc1nc2c(cc1CN)COCC2. The van der Waals surface area contributed by atoms with E-state index >= 15 is 0 Å². The molecule has 0 atom stereocenters. The Labute approximate surface area is 83.0 Å². The van der Waals surface area contributed by atoms with Crippen LogP contribution in [0.2, 0.25) is 0 Å². The first-order chi connectivity index (χ1) is 6.85. The molecule has 0 unspecified atom stereocenters. The largest absolute Gasteiger partial charge is 0.481 e. The minimum atomic E-state index is 0.448. The smallest absolute Gasteiger partial charge is 0.217 e. The topological polar surface area (TPSA) is 57.4 Å². The maximum Gasteiger partial charge on any atom is 0.217 e. The molecular formula is C10H14N2O2. The third-order valence-electron chi connectivity index (χ3n) is 2.38. The van der Waals surface area contributed by atoms with Crippen LogP contribution in [-0.4, -0.2) is 18.7 Å². The third kappa shape index (κ3) is 1.58. The van der Waals surface area contributed by atoms with Crippen LogP contribution >= 0.6 is 0 Å². The Bertz CT molecular complexity index is 295. The zero-order valence-electron chi connectivity index (χ0n) is 8.25. The molecule has 14 heavy (non-hydrogen) atoms. The molecule has 0 bridgehead atoms. The summed E-state index contributed by atoms with van der Waals surface area (Å²) in [4.78, 5) is 4.42. The molecule has 0 radical (unpaired) electrons. The lowest BCUT2D eigenvalue weighted by Crippen LogP contribution is -2.14. The zero-order valence-corrected chi connectivity index (χ0v) is 8.25. The molecule has 0 saturated heterocycles. The van der Waals surface area contributed by atoms with Crippen molar-refractivity contribution in [3.8, 4) is 5.88 Å². The maximum absolute atomic E-state index is 5.60. The Morgan fingerprint density at radius 2 is 2.50 bits per heavy atom. The second kappa shape index (κ2) is 3.94. The number of aromatic nitrogens is 1. The highest BCUT2D eigenvalue weighted by Gasteiger charge is 2.14. The Balaban J connectivity index is 2.43. The number of pyridine rings is 1. The number of rotatable bonds is 2. The molecule has 1 aliphatic rings. The van der Waals surface area contributed by atoms with E-state index in [-0.39, 0.29) is 0 Å². The van der Waals surface area contributed by atoms with Gasteiger partial charge in [-0.3, -0.25) is 0 Å². The first-order valence-electron chi connectivity index (χ1n) is 4.68. The fraction of sp³-hybridized carbons (Fsp3) is 0.500. The second-order valence-electron chi connectivity index (χ2n) is 3.27. The molecule has 4 nitrogen and oxygen atoms in total. The van der Waals surface area contributed by atoms with Gasteiger partial charge in [0.05, 0.1) is 26.0 Å². The van der Waals surface area contributed by atoms with Crippen LogP contribution in [0.25, 0.3) is 0 Å². The molecule has 2 rings (SSSR count). The van der Waals surface area contributed by atoms with Gasteiger partial charge in [0.2, 0.25) is 5.88 Å². The number of hydrogen-bond donors (Lipinski definition) is 1. The number of methoxy groups -OCH3 is 1. The van der Waals surface area contributed by atoms with Gasteiger partial charge < -0.3 is 15.2 Å². The quantitative estimate of drug-likeness (QED) is 0.750. The molecule has 1 aromatic heterocycles. The number of fused-ring (bicyclic) bond motifs is 1. The summed E-state index contributed by atoms with van der Waals surface area (Å²) in [6, 6.07) is 2.03. The summed E-state index contributed by atoms with van der Waals surface area (Å²) in [5, 5.41) is 0. The Hall–Kier alpha value is -1.13. The molecule has 0 aromatic carbocycles. The normalized spacial score (nSPS) is 15.0. The van der Waals surface area contributed by atoms with Gasteiger partial charge in [0, 0.05) is 18.5 Å². The standard InChI is InChI=1S/C10H14N2O2/c1-13-10-7(5-11)4-8-6-14-3-2-9(8)12-10/h4H,2-3,5-6,11H2,1H3. The summed E-state index contributed by atoms with van der Waals surface area (Å²) in [6.07, 6.45) is 0.858. The summed E-state index contributed by atoms with van der Waals surface area (Å²) >= 11 is 0. The monoisotopic (exact) mass is 194 g/mol. The lowest BCUT2D eigenvalue weighted by Gasteiger charge is -2.17. The number of nitrogens with zero attached hydrogens (tertiary/aromatic N) is 1. The maximum atomic E-state index is 5.60. The minimum absolute atomic E-state index is 0.448. The van der Waals surface area contributed by atoms with Crippen molar-refractivity contribution in [3.63, 3.8) is 0 Å². The highest BCUT2D eigenvalue weighted by Crippen LogP contribution is 2.22. The second-order valence-corrected chi connectivity index (χ2v) is 3.27. The van der Waals surface area contributed by atoms with Gasteiger partial charge in [-0.05, 0) is 11.6 Å². The fourth-order valence-electron chi connectivity index (χ4n) is 1.64. The minimum Gasteiger partial charge on any atom is -0.481 e. The molecule has 76 valence electrons. The molecular weight excluding hydrogens is 180 g/mol. The van der Waals surface area contributed by atoms with Gasteiger partial charge in [-0.1, -0.05) is 0 Å². The average molecular weight is 194 g/mol. The summed E-state index contributed by atoms with van der Waals surface area (Å²) < 4.78 is 10.5. The van der Waals surface area contributed by atoms with Crippen molar-refractivity contribution in [3.05, 3.63) is 22.9 Å². The van der Waals surface area contributed by atoms with Crippen LogP contribution in [0, 0.1) is 0 Å². The van der Waals surface area contributed by atoms with E-state index in [1.807, 2.05) is 6.07 Å². The van der Waals surface area contributed by atoms with Crippen LogP contribution in [0.4, 0.5) is 0 Å². The molecule has 0 amide bonds. The molecule has 0 saturated carbocycles. The van der Waals surface area contributed by atoms with Gasteiger partial charge in [0.25, 0.3) is 0 Å². The van der Waals surface area contributed by atoms with E-state index in [2.05, 4.69) is 4.98 Å². The van der Waals surface area contributed by atoms with Crippen molar-refractivity contribution in [1.82, 2.24) is 4.98 Å². The van der Waals surface area contributed by atoms with Gasteiger partial charge in [-0.2, -0.15) is 0 Å². The highest BCUT2D eigenvalue weighted by atomic mass is 16.5. The first kappa shape index (κ1) is 9.43. The fourth-order valence-corrected chi connectivity index (χ4v) is 1.64. The Morgan fingerprint density at radius 1 is 1.64 bits per heavy atom. The van der Waals surface area contributed by atoms with Crippen LogP contribution in [0.3, 0.4) is 0 Å². The van der Waals surface area contributed by atoms with E-state index < -0.39 is 0 Å². The van der Waals surface area contributed by atoms with Gasteiger partial charge in [0.15, 0.2) is 0 Å². The molecule has 1 aromatic rings. The molecule has 2 heterocycles. The average Bonchev–Trinajstić information content (AvgIpc) is 2.27. The van der Waals surface area contributed by atoms with Crippen molar-refractivity contribution >= 4 is 0 Å². The molecule has 0 aliphatic carbocycles. The van der Waals surface area contributed by atoms with Crippen molar-refractivity contribution in [1.29, 1.82) is 0 Å². The van der Waals surface area contributed by atoms with Crippen LogP contribution in [0.5, 0.6) is 5.88 Å². The molecule has 4 heteroatoms. The Morgan fingerprint density at radius 3 is 3.21 bits per heavy atom. The summed E-state index contributed by atoms with van der Waals surface area (Å²) in [7, 11) is 1.62. The van der Waals surface area contributed by atoms with Crippen molar-refractivity contribution in [2.75, 3.05) is 13.7 Å². The van der Waals surface area contributed by atoms with Gasteiger partial charge in [-0.15, -0.1) is 0 Å². The molecule has 1 aliphatic heterocycles. The molecule has 0 fully saturated rings. The Kier molecular flexibility index (Phi) is 2.65. The van der Waals surface area contributed by atoms with E-state index in [4.69, 9.17) is 15.2 Å². The number of hydrogen-bond acceptors (Lipinski definition) is 4. The van der Waals surface area contributed by atoms with Crippen molar-refractivity contribution < 1.29 is 9.47 Å². The number of nitrogens with two attached hydrogens (primary N) is 1. The van der Waals surface area contributed by atoms with E-state index in [1.165, 1.54) is 0 Å². The third-order valence-corrected chi connectivity index (χ3v) is 2.38. The summed E-state index contributed by atoms with van der Waals surface area (Å²) in [5.74, 6) is 0.646. The highest BCUT2D eigenvalue weighted by molar-refractivity contribution is 5.35. The van der Waals surface area contributed by atoms with Crippen molar-refractivity contribution in [2.24, 2.45) is 5.73 Å². The summed E-state index contributed by atoms with van der Waals surface area (Å²) in [6.45, 7) is 1.83. The lowest BCUT2D eigenvalue weighted by atomic mass is 10.1. The predicted octanol–water partition coefficient (Wildman–Crippen LogP) is 0.622. The van der Waals surface area contributed by atoms with Crippen LogP contribution < -0.4 is 10.5 Å². The van der Waals surface area contributed by atoms with Gasteiger partial charge in [-0.25, -0.2) is 4.98 Å². The van der Waals surface area contributed by atoms with Gasteiger partial charge in [0.1, 0.15) is 0 Å². The van der Waals surface area contributed by atoms with Crippen molar-refractivity contribution in [2.45, 2.75) is 19.6 Å². The van der Waals surface area contributed by atoms with Gasteiger partial charge >= 0.3 is 0 Å². The molecule has 2 N–H and O–H groups in total. The summed E-state index contributed by atoms with van der Waals surface area (Å²) in [5.41, 5.74) is 8.75. The zero-order chi connectivity index (χ0) is 9.97. The van der Waals surface area contributed by atoms with E-state index in [9.17, 15) is 0 Å². The molecule has 0 spiro atoms. The number of ether oxygens (including phenoxy) is 2. The van der Waals surface area contributed by atoms with Crippen LogP contribution in [0.1, 0.15) is 16.8 Å². The first-order valence-corrected chi connectivity index (χ1v) is 4.68. The van der Waals surface area contributed by atoms with E-state index in [1.54, 1.807) is 7.11 Å². The lowest BCUT2D eigenvalue weighted by molar-refractivity contribution is 0.109.